The molecule has 1 aromatic rings. The fraction of sp³-hybridized carbons (Fsp3) is 0.750. The van der Waals surface area contributed by atoms with Crippen LogP contribution in [0.2, 0.25) is 0 Å². The highest BCUT2D eigenvalue weighted by Gasteiger charge is 2.65. The van der Waals surface area contributed by atoms with Crippen molar-refractivity contribution in [3.63, 3.8) is 0 Å². The summed E-state index contributed by atoms with van der Waals surface area (Å²) in [4.78, 5) is 13.7. The maximum atomic E-state index is 13.7. The zero-order valence-electron chi connectivity index (χ0n) is 21.2. The number of amides is 1. The lowest BCUT2D eigenvalue weighted by Gasteiger charge is -2.36. The Labute approximate surface area is 213 Å². The van der Waals surface area contributed by atoms with Gasteiger partial charge in [-0.3, -0.25) is 4.79 Å². The Balaban J connectivity index is 1.24. The molecule has 3 saturated heterocycles. The van der Waals surface area contributed by atoms with E-state index in [4.69, 9.17) is 28.4 Å². The van der Waals surface area contributed by atoms with Crippen molar-refractivity contribution < 1.29 is 33.2 Å². The molecule has 5 fully saturated rings. The van der Waals surface area contributed by atoms with Crippen molar-refractivity contribution >= 4 is 11.6 Å². The molecule has 8 heteroatoms. The fourth-order valence-corrected chi connectivity index (χ4v) is 6.39. The molecule has 198 valence electrons. The number of ether oxygens (including phenoxy) is 6. The predicted molar refractivity (Wildman–Crippen MR) is 131 cm³/mol. The van der Waals surface area contributed by atoms with E-state index in [1.54, 1.807) is 0 Å². The lowest BCUT2D eigenvalue weighted by molar-refractivity contribution is -0.246. The molecule has 36 heavy (non-hydrogen) atoms. The molecule has 5 atom stereocenters. The second-order valence-corrected chi connectivity index (χ2v) is 10.9. The van der Waals surface area contributed by atoms with E-state index in [0.29, 0.717) is 18.0 Å². The third kappa shape index (κ3) is 4.67. The third-order valence-corrected chi connectivity index (χ3v) is 8.27. The number of rotatable bonds is 6. The summed E-state index contributed by atoms with van der Waals surface area (Å²) in [6, 6.07) is 7.51. The molecule has 1 N–H and O–H groups in total. The van der Waals surface area contributed by atoms with Gasteiger partial charge < -0.3 is 33.7 Å². The van der Waals surface area contributed by atoms with E-state index >= 15 is 0 Å². The molecule has 2 aliphatic carbocycles. The predicted octanol–water partition coefficient (Wildman–Crippen LogP) is 5.05. The molecular weight excluding hydrogens is 462 g/mol. The molecule has 0 aromatic heterocycles. The standard InChI is InChI=1S/C28H39NO7/c1-2-3-18-31-20-13-7-6-12-19(20)29-25(30)23-21-22(34-27(33-21)14-8-4-9-15-27)24-26(32-23)36-28(35-24)16-10-5-11-17-28/h6-7,12-13,21-24,26H,2-5,8-11,14-18H2,1H3,(H,29,30)/t21-,22-,23-,24+,26-/m0/s1. The second-order valence-electron chi connectivity index (χ2n) is 10.9. The number of carbonyl (C=O) groups excluding carboxylic acids is 1. The first-order chi connectivity index (χ1) is 17.6. The van der Waals surface area contributed by atoms with Gasteiger partial charge in [-0.05, 0) is 44.2 Å². The molecule has 5 aliphatic rings. The quantitative estimate of drug-likeness (QED) is 0.546. The van der Waals surface area contributed by atoms with Crippen LogP contribution in [0.4, 0.5) is 5.69 Å². The van der Waals surface area contributed by atoms with Crippen molar-refractivity contribution in [1.82, 2.24) is 0 Å². The lowest BCUT2D eigenvalue weighted by atomic mass is 9.94. The zero-order chi connectivity index (χ0) is 24.6. The maximum absolute atomic E-state index is 13.7. The van der Waals surface area contributed by atoms with E-state index in [0.717, 1.165) is 64.2 Å². The van der Waals surface area contributed by atoms with Crippen LogP contribution in [0.25, 0.3) is 0 Å². The molecule has 2 spiro atoms. The minimum Gasteiger partial charge on any atom is -0.491 e. The van der Waals surface area contributed by atoms with Gasteiger partial charge >= 0.3 is 0 Å². The summed E-state index contributed by atoms with van der Waals surface area (Å²) in [6.07, 6.45) is 9.02. The topological polar surface area (TPSA) is 84.5 Å². The van der Waals surface area contributed by atoms with Crippen LogP contribution in [-0.2, 0) is 28.5 Å². The Morgan fingerprint density at radius 2 is 1.53 bits per heavy atom. The maximum Gasteiger partial charge on any atom is 0.256 e. The Kier molecular flexibility index (Phi) is 6.99. The number of fused-ring (bicyclic) bond motifs is 3. The smallest absolute Gasteiger partial charge is 0.256 e. The van der Waals surface area contributed by atoms with Crippen molar-refractivity contribution in [3.05, 3.63) is 24.3 Å². The zero-order valence-corrected chi connectivity index (χ0v) is 21.2. The Hall–Kier alpha value is -1.71. The number of carbonyl (C=O) groups is 1. The van der Waals surface area contributed by atoms with Gasteiger partial charge in [-0.1, -0.05) is 38.3 Å². The van der Waals surface area contributed by atoms with Gasteiger partial charge in [0, 0.05) is 25.7 Å². The Morgan fingerprint density at radius 3 is 2.25 bits per heavy atom. The van der Waals surface area contributed by atoms with E-state index in [-0.39, 0.29) is 5.91 Å². The normalized spacial score (nSPS) is 34.3. The molecule has 2 saturated carbocycles. The first-order valence-corrected chi connectivity index (χ1v) is 14.0. The number of unbranched alkanes of at least 4 members (excludes halogenated alkanes) is 1. The first kappa shape index (κ1) is 24.6. The summed E-state index contributed by atoms with van der Waals surface area (Å²) in [5.74, 6) is -0.940. The van der Waals surface area contributed by atoms with Gasteiger partial charge in [0.25, 0.3) is 5.91 Å². The average molecular weight is 502 g/mol. The summed E-state index contributed by atoms with van der Waals surface area (Å²) >= 11 is 0. The van der Waals surface area contributed by atoms with Gasteiger partial charge in [0.05, 0.1) is 12.3 Å². The number of hydrogen-bond donors (Lipinski definition) is 1. The summed E-state index contributed by atoms with van der Waals surface area (Å²) < 4.78 is 38.5. The van der Waals surface area contributed by atoms with Crippen LogP contribution in [-0.4, -0.2) is 54.8 Å². The second kappa shape index (κ2) is 10.2. The van der Waals surface area contributed by atoms with E-state index in [1.165, 1.54) is 12.8 Å². The third-order valence-electron chi connectivity index (χ3n) is 8.27. The summed E-state index contributed by atoms with van der Waals surface area (Å²) in [5, 5.41) is 3.04. The minimum atomic E-state index is -0.872. The van der Waals surface area contributed by atoms with Gasteiger partial charge in [-0.25, -0.2) is 0 Å². The van der Waals surface area contributed by atoms with Crippen molar-refractivity contribution in [1.29, 1.82) is 0 Å². The van der Waals surface area contributed by atoms with E-state index in [9.17, 15) is 4.79 Å². The monoisotopic (exact) mass is 501 g/mol. The van der Waals surface area contributed by atoms with Crippen LogP contribution >= 0.6 is 0 Å². The molecule has 3 heterocycles. The van der Waals surface area contributed by atoms with Crippen LogP contribution in [0.15, 0.2) is 24.3 Å². The van der Waals surface area contributed by atoms with Crippen LogP contribution in [0.5, 0.6) is 5.75 Å². The van der Waals surface area contributed by atoms with E-state index in [2.05, 4.69) is 12.2 Å². The summed E-state index contributed by atoms with van der Waals surface area (Å²) in [7, 11) is 0. The number of nitrogens with one attached hydrogen (secondary N) is 1. The lowest BCUT2D eigenvalue weighted by Crippen LogP contribution is -2.58. The van der Waals surface area contributed by atoms with Crippen molar-refractivity contribution in [3.8, 4) is 5.75 Å². The SMILES string of the molecule is CCCCOc1ccccc1NC(=O)[C@H]1O[C@H]2OC3(CCCCC3)O[C@@H]2[C@H]2OC3(CCCCC3)O[C@@H]21. The van der Waals surface area contributed by atoms with Crippen LogP contribution in [0.3, 0.4) is 0 Å². The first-order valence-electron chi connectivity index (χ1n) is 14.0. The molecule has 1 amide bonds. The van der Waals surface area contributed by atoms with Gasteiger partial charge in [-0.2, -0.15) is 0 Å². The van der Waals surface area contributed by atoms with E-state index < -0.39 is 42.3 Å². The van der Waals surface area contributed by atoms with Crippen molar-refractivity contribution in [2.75, 3.05) is 11.9 Å². The van der Waals surface area contributed by atoms with Gasteiger partial charge in [0.2, 0.25) is 0 Å². The number of benzene rings is 1. The Bertz CT molecular complexity index is 926. The molecule has 0 unspecified atom stereocenters. The molecule has 6 rings (SSSR count). The van der Waals surface area contributed by atoms with Crippen LogP contribution < -0.4 is 10.1 Å². The molecular formula is C28H39NO7. The largest absolute Gasteiger partial charge is 0.491 e. The van der Waals surface area contributed by atoms with Crippen molar-refractivity contribution in [2.45, 2.75) is 126 Å². The number of anilines is 1. The van der Waals surface area contributed by atoms with Crippen molar-refractivity contribution in [2.24, 2.45) is 0 Å². The number of hydrogen-bond acceptors (Lipinski definition) is 7. The highest BCUT2D eigenvalue weighted by Crippen LogP contribution is 2.51. The highest BCUT2D eigenvalue weighted by atomic mass is 16.9. The highest BCUT2D eigenvalue weighted by molar-refractivity contribution is 5.96. The average Bonchev–Trinajstić information content (AvgIpc) is 3.43. The van der Waals surface area contributed by atoms with Gasteiger partial charge in [0.1, 0.15) is 24.1 Å². The van der Waals surface area contributed by atoms with Gasteiger partial charge in [-0.15, -0.1) is 0 Å². The molecule has 8 nitrogen and oxygen atoms in total. The van der Waals surface area contributed by atoms with Crippen LogP contribution in [0, 0.1) is 0 Å². The number of para-hydroxylation sites is 2. The molecule has 0 radical (unpaired) electrons. The fourth-order valence-electron chi connectivity index (χ4n) is 6.39. The van der Waals surface area contributed by atoms with E-state index in [1.807, 2.05) is 24.3 Å². The van der Waals surface area contributed by atoms with Gasteiger partial charge in [0.15, 0.2) is 24.0 Å². The summed E-state index contributed by atoms with van der Waals surface area (Å²) in [5.41, 5.74) is 0.625. The van der Waals surface area contributed by atoms with Crippen LogP contribution in [0.1, 0.15) is 84.0 Å². The Morgan fingerprint density at radius 1 is 0.889 bits per heavy atom. The molecule has 0 bridgehead atoms. The molecule has 3 aliphatic heterocycles. The molecule has 1 aromatic carbocycles. The minimum absolute atomic E-state index is 0.278. The summed E-state index contributed by atoms with van der Waals surface area (Å²) in [6.45, 7) is 2.72.